The Balaban J connectivity index is 2.11. The Kier molecular flexibility index (Phi) is 3.36. The van der Waals surface area contributed by atoms with Crippen molar-refractivity contribution in [3.05, 3.63) is 33.6 Å². The zero-order chi connectivity index (χ0) is 11.7. The van der Waals surface area contributed by atoms with Gasteiger partial charge in [0.05, 0.1) is 15.6 Å². The number of benzene rings is 1. The Hall–Kier alpha value is -0.800. The summed E-state index contributed by atoms with van der Waals surface area (Å²) in [6.45, 7) is 0.624. The average Bonchev–Trinajstić information content (AvgIpc) is 3.03. The van der Waals surface area contributed by atoms with Gasteiger partial charge in [0.25, 0.3) is 5.91 Å². The van der Waals surface area contributed by atoms with Crippen LogP contribution in [0.4, 0.5) is 4.39 Å². The maximum atomic E-state index is 13.2. The molecule has 5 heteroatoms. The van der Waals surface area contributed by atoms with Gasteiger partial charge in [-0.2, -0.15) is 0 Å². The first-order valence-electron chi connectivity index (χ1n) is 5.00. The number of carbonyl (C=O) groups excluding carboxylic acids is 1. The maximum Gasteiger partial charge on any atom is 0.252 e. The van der Waals surface area contributed by atoms with Gasteiger partial charge in [0.1, 0.15) is 5.82 Å². The Labute approximate surface area is 103 Å². The van der Waals surface area contributed by atoms with Crippen molar-refractivity contribution in [2.75, 3.05) is 6.54 Å². The lowest BCUT2D eigenvalue weighted by molar-refractivity contribution is 0.0951. The number of carbonyl (C=O) groups is 1. The minimum absolute atomic E-state index is 0.0799. The molecule has 1 aromatic rings. The molecule has 16 heavy (non-hydrogen) atoms. The van der Waals surface area contributed by atoms with Crippen LogP contribution in [0.25, 0.3) is 0 Å². The van der Waals surface area contributed by atoms with E-state index >= 15 is 0 Å². The van der Waals surface area contributed by atoms with Gasteiger partial charge in [0.2, 0.25) is 0 Å². The summed E-state index contributed by atoms with van der Waals surface area (Å²) >= 11 is 11.4. The molecule has 1 aromatic carbocycles. The summed E-state index contributed by atoms with van der Waals surface area (Å²) in [5.41, 5.74) is 0.129. The number of amides is 1. The molecule has 0 spiro atoms. The second kappa shape index (κ2) is 4.60. The van der Waals surface area contributed by atoms with Crippen LogP contribution in [-0.4, -0.2) is 12.5 Å². The standard InChI is InChI=1S/C11H10Cl2FNO/c12-8-4-9(13)10(14)3-7(8)11(16)15-5-6-1-2-6/h3-4,6H,1-2,5H2,(H,15,16). The van der Waals surface area contributed by atoms with Crippen LogP contribution in [0.1, 0.15) is 23.2 Å². The van der Waals surface area contributed by atoms with Crippen molar-refractivity contribution in [1.82, 2.24) is 5.32 Å². The highest BCUT2D eigenvalue weighted by molar-refractivity contribution is 6.36. The molecule has 0 heterocycles. The molecule has 0 saturated heterocycles. The van der Waals surface area contributed by atoms with E-state index in [4.69, 9.17) is 23.2 Å². The minimum Gasteiger partial charge on any atom is -0.352 e. The first-order chi connectivity index (χ1) is 7.58. The second-order valence-electron chi connectivity index (χ2n) is 3.90. The van der Waals surface area contributed by atoms with E-state index < -0.39 is 5.82 Å². The predicted octanol–water partition coefficient (Wildman–Crippen LogP) is 3.27. The third kappa shape index (κ3) is 2.66. The SMILES string of the molecule is O=C(NCC1CC1)c1cc(F)c(Cl)cc1Cl. The fourth-order valence-electron chi connectivity index (χ4n) is 1.35. The largest absolute Gasteiger partial charge is 0.352 e. The van der Waals surface area contributed by atoms with Crippen molar-refractivity contribution in [2.24, 2.45) is 5.92 Å². The lowest BCUT2D eigenvalue weighted by Crippen LogP contribution is -2.25. The monoisotopic (exact) mass is 261 g/mol. The van der Waals surface area contributed by atoms with E-state index in [0.29, 0.717) is 12.5 Å². The van der Waals surface area contributed by atoms with Crippen molar-refractivity contribution in [2.45, 2.75) is 12.8 Å². The maximum absolute atomic E-state index is 13.2. The smallest absolute Gasteiger partial charge is 0.252 e. The van der Waals surface area contributed by atoms with E-state index in [1.54, 1.807) is 0 Å². The highest BCUT2D eigenvalue weighted by Crippen LogP contribution is 2.28. The molecule has 1 aliphatic rings. The third-order valence-electron chi connectivity index (χ3n) is 2.50. The zero-order valence-electron chi connectivity index (χ0n) is 8.40. The molecule has 1 saturated carbocycles. The Morgan fingerprint density at radius 3 is 2.69 bits per heavy atom. The Bertz CT molecular complexity index is 432. The normalized spacial score (nSPS) is 14.9. The predicted molar refractivity (Wildman–Crippen MR) is 61.5 cm³/mol. The van der Waals surface area contributed by atoms with Gasteiger partial charge in [-0.1, -0.05) is 23.2 Å². The highest BCUT2D eigenvalue weighted by atomic mass is 35.5. The van der Waals surface area contributed by atoms with Gasteiger partial charge in [0, 0.05) is 6.54 Å². The van der Waals surface area contributed by atoms with Crippen LogP contribution in [0.15, 0.2) is 12.1 Å². The van der Waals surface area contributed by atoms with Crippen molar-refractivity contribution in [3.63, 3.8) is 0 Å². The average molecular weight is 262 g/mol. The molecule has 1 aliphatic carbocycles. The van der Waals surface area contributed by atoms with E-state index in [-0.39, 0.29) is 21.5 Å². The van der Waals surface area contributed by atoms with Gasteiger partial charge in [-0.05, 0) is 30.9 Å². The van der Waals surface area contributed by atoms with Crippen LogP contribution >= 0.6 is 23.2 Å². The van der Waals surface area contributed by atoms with Crippen LogP contribution in [0.2, 0.25) is 10.0 Å². The molecule has 0 atom stereocenters. The van der Waals surface area contributed by atoms with E-state index in [9.17, 15) is 9.18 Å². The molecule has 1 N–H and O–H groups in total. The summed E-state index contributed by atoms with van der Waals surface area (Å²) in [6.07, 6.45) is 2.28. The first-order valence-corrected chi connectivity index (χ1v) is 5.76. The molecular formula is C11H10Cl2FNO. The van der Waals surface area contributed by atoms with Crippen molar-refractivity contribution in [1.29, 1.82) is 0 Å². The van der Waals surface area contributed by atoms with Gasteiger partial charge in [-0.15, -0.1) is 0 Å². The molecular weight excluding hydrogens is 252 g/mol. The summed E-state index contributed by atoms with van der Waals surface area (Å²) < 4.78 is 13.2. The van der Waals surface area contributed by atoms with Gasteiger partial charge in [-0.3, -0.25) is 4.79 Å². The van der Waals surface area contributed by atoms with Gasteiger partial charge in [-0.25, -0.2) is 4.39 Å². The molecule has 2 nitrogen and oxygen atoms in total. The Morgan fingerprint density at radius 2 is 2.06 bits per heavy atom. The summed E-state index contributed by atoms with van der Waals surface area (Å²) in [5, 5.41) is 2.80. The number of hydrogen-bond donors (Lipinski definition) is 1. The number of halogens is 3. The fourth-order valence-corrected chi connectivity index (χ4v) is 1.82. The van der Waals surface area contributed by atoms with E-state index in [1.807, 2.05) is 0 Å². The number of hydrogen-bond acceptors (Lipinski definition) is 1. The van der Waals surface area contributed by atoms with Gasteiger partial charge < -0.3 is 5.32 Å². The minimum atomic E-state index is -0.636. The topological polar surface area (TPSA) is 29.1 Å². The molecule has 1 fully saturated rings. The summed E-state index contributed by atoms with van der Waals surface area (Å²) in [5.74, 6) is -0.421. The zero-order valence-corrected chi connectivity index (χ0v) is 9.91. The summed E-state index contributed by atoms with van der Waals surface area (Å²) in [4.78, 5) is 11.7. The second-order valence-corrected chi connectivity index (χ2v) is 4.71. The van der Waals surface area contributed by atoms with Crippen LogP contribution in [0.3, 0.4) is 0 Å². The first kappa shape index (κ1) is 11.7. The van der Waals surface area contributed by atoms with Crippen LogP contribution in [0, 0.1) is 11.7 Å². The van der Waals surface area contributed by atoms with E-state index in [2.05, 4.69) is 5.32 Å². The van der Waals surface area contributed by atoms with Crippen molar-refractivity contribution >= 4 is 29.1 Å². The summed E-state index contributed by atoms with van der Waals surface area (Å²) in [7, 11) is 0. The summed E-state index contributed by atoms with van der Waals surface area (Å²) in [6, 6.07) is 2.30. The lowest BCUT2D eigenvalue weighted by atomic mass is 10.2. The van der Waals surface area contributed by atoms with Crippen molar-refractivity contribution < 1.29 is 9.18 Å². The fraction of sp³-hybridized carbons (Fsp3) is 0.364. The van der Waals surface area contributed by atoms with E-state index in [0.717, 1.165) is 18.9 Å². The molecule has 2 rings (SSSR count). The van der Waals surface area contributed by atoms with Crippen LogP contribution in [0.5, 0.6) is 0 Å². The molecule has 1 amide bonds. The van der Waals surface area contributed by atoms with Crippen LogP contribution in [-0.2, 0) is 0 Å². The molecule has 86 valence electrons. The molecule has 0 unspecified atom stereocenters. The number of rotatable bonds is 3. The highest BCUT2D eigenvalue weighted by Gasteiger charge is 2.22. The van der Waals surface area contributed by atoms with E-state index in [1.165, 1.54) is 6.07 Å². The van der Waals surface area contributed by atoms with Crippen molar-refractivity contribution in [3.8, 4) is 0 Å². The Morgan fingerprint density at radius 1 is 1.38 bits per heavy atom. The molecule has 0 bridgehead atoms. The lowest BCUT2D eigenvalue weighted by Gasteiger charge is -2.06. The quantitative estimate of drug-likeness (QED) is 0.832. The van der Waals surface area contributed by atoms with Crippen LogP contribution < -0.4 is 5.32 Å². The molecule has 0 aliphatic heterocycles. The number of nitrogens with one attached hydrogen (secondary N) is 1. The molecule has 0 radical (unpaired) electrons. The molecule has 0 aromatic heterocycles. The van der Waals surface area contributed by atoms with Gasteiger partial charge >= 0.3 is 0 Å². The third-order valence-corrected chi connectivity index (χ3v) is 3.11. The van der Waals surface area contributed by atoms with Gasteiger partial charge in [0.15, 0.2) is 0 Å².